The van der Waals surface area contributed by atoms with Crippen LogP contribution in [0.1, 0.15) is 30.9 Å². The number of nitrogens with zero attached hydrogens (tertiary/aromatic N) is 1. The van der Waals surface area contributed by atoms with Crippen molar-refractivity contribution in [2.75, 3.05) is 11.5 Å². The number of amides is 1. The lowest BCUT2D eigenvalue weighted by molar-refractivity contribution is -0.137. The van der Waals surface area contributed by atoms with Gasteiger partial charge in [0.15, 0.2) is 5.75 Å². The van der Waals surface area contributed by atoms with E-state index in [1.807, 2.05) is 6.92 Å². The van der Waals surface area contributed by atoms with Gasteiger partial charge in [-0.1, -0.05) is 61.9 Å². The van der Waals surface area contributed by atoms with E-state index < -0.39 is 23.6 Å². The molecular weight excluding hydrogens is 419 g/mol. The molecule has 0 heterocycles. The van der Waals surface area contributed by atoms with Crippen molar-refractivity contribution in [2.45, 2.75) is 32.5 Å². The summed E-state index contributed by atoms with van der Waals surface area (Å²) < 4.78 is 46.1. The number of alkyl halides is 3. The average molecular weight is 442 g/mol. The molecule has 3 aromatic rings. The van der Waals surface area contributed by atoms with Crippen molar-refractivity contribution in [3.63, 3.8) is 0 Å². The van der Waals surface area contributed by atoms with Gasteiger partial charge in [0.25, 0.3) is 0 Å². The molecular formula is C25H23F3NO3. The lowest BCUT2D eigenvalue weighted by Crippen LogP contribution is -2.31. The standard InChI is InChI=1S/C25H23F3NO3/c1-2-3-14-32-24(31)29(21-12-8-5-9-13-21)17-19-15-20(25(26,27)28)16-22(23(19)30)18-10-6-4-7-11-18/h4-13,15-16H,2-3,14,17H2,1H3. The van der Waals surface area contributed by atoms with Crippen LogP contribution >= 0.6 is 0 Å². The molecule has 7 heteroatoms. The summed E-state index contributed by atoms with van der Waals surface area (Å²) in [5, 5.41) is 13.2. The Hall–Kier alpha value is -3.48. The van der Waals surface area contributed by atoms with Crippen molar-refractivity contribution < 1.29 is 27.8 Å². The van der Waals surface area contributed by atoms with Crippen LogP contribution in [0.3, 0.4) is 0 Å². The van der Waals surface area contributed by atoms with E-state index in [1.165, 1.54) is 4.90 Å². The van der Waals surface area contributed by atoms with Gasteiger partial charge < -0.3 is 4.74 Å². The molecule has 0 aromatic heterocycles. The topological polar surface area (TPSA) is 49.4 Å². The molecule has 4 nitrogen and oxygen atoms in total. The van der Waals surface area contributed by atoms with Crippen LogP contribution in [0, 0.1) is 0 Å². The second-order valence-electron chi connectivity index (χ2n) is 7.27. The minimum atomic E-state index is -4.65. The second kappa shape index (κ2) is 10.2. The number of halogens is 3. The fourth-order valence-corrected chi connectivity index (χ4v) is 3.22. The maximum Gasteiger partial charge on any atom is 0.416 e. The smallest absolute Gasteiger partial charge is 0.416 e. The first-order valence-corrected chi connectivity index (χ1v) is 10.3. The normalized spacial score (nSPS) is 11.2. The fraction of sp³-hybridized carbons (Fsp3) is 0.240. The Morgan fingerprint density at radius 1 is 0.969 bits per heavy atom. The number of anilines is 1. The Morgan fingerprint density at radius 3 is 2.19 bits per heavy atom. The molecule has 32 heavy (non-hydrogen) atoms. The minimum absolute atomic E-state index is 0.0669. The number of carbonyl (C=O) groups excluding carboxylic acids is 1. The quantitative estimate of drug-likeness (QED) is 0.357. The van der Waals surface area contributed by atoms with E-state index in [0.29, 0.717) is 17.7 Å². The highest BCUT2D eigenvalue weighted by atomic mass is 19.4. The Kier molecular flexibility index (Phi) is 7.41. The Balaban J connectivity index is 2.06. The van der Waals surface area contributed by atoms with E-state index in [1.54, 1.807) is 60.7 Å². The fourth-order valence-electron chi connectivity index (χ4n) is 3.22. The summed E-state index contributed by atoms with van der Waals surface area (Å²) in [5.41, 5.74) is -0.357. The lowest BCUT2D eigenvalue weighted by atomic mass is 9.97. The highest BCUT2D eigenvalue weighted by molar-refractivity contribution is 5.88. The summed E-state index contributed by atoms with van der Waals surface area (Å²) in [7, 11) is 0. The third-order valence-electron chi connectivity index (χ3n) is 4.92. The average Bonchev–Trinajstić information content (AvgIpc) is 2.79. The summed E-state index contributed by atoms with van der Waals surface area (Å²) in [6, 6.07) is 18.2. The van der Waals surface area contributed by atoms with Gasteiger partial charge in [0.2, 0.25) is 0 Å². The van der Waals surface area contributed by atoms with E-state index in [2.05, 4.69) is 0 Å². The highest BCUT2D eigenvalue weighted by Gasteiger charge is 2.33. The molecule has 0 saturated carbocycles. The summed E-state index contributed by atoms with van der Waals surface area (Å²) >= 11 is 0. The van der Waals surface area contributed by atoms with Gasteiger partial charge in [-0.2, -0.15) is 13.2 Å². The summed E-state index contributed by atoms with van der Waals surface area (Å²) in [6.45, 7) is 1.78. The SMILES string of the molecule is CCCCOC(=O)N(Cc1cc(C(F)(F)F)cc(-c2ccccc2)c1[O])c1ccccc1. The van der Waals surface area contributed by atoms with Crippen molar-refractivity contribution >= 4 is 11.8 Å². The van der Waals surface area contributed by atoms with Crippen molar-refractivity contribution in [3.05, 3.63) is 83.9 Å². The summed E-state index contributed by atoms with van der Waals surface area (Å²) in [6.07, 6.45) is -3.89. The number of hydrogen-bond acceptors (Lipinski definition) is 2. The highest BCUT2D eigenvalue weighted by Crippen LogP contribution is 2.40. The second-order valence-corrected chi connectivity index (χ2v) is 7.27. The molecule has 3 aromatic carbocycles. The summed E-state index contributed by atoms with van der Waals surface area (Å²) in [5.74, 6) is -0.563. The number of unbranched alkanes of at least 4 members (excludes halogenated alkanes) is 1. The molecule has 1 radical (unpaired) electrons. The van der Waals surface area contributed by atoms with Crippen molar-refractivity contribution in [2.24, 2.45) is 0 Å². The molecule has 0 aliphatic rings. The molecule has 1 amide bonds. The molecule has 0 atom stereocenters. The maximum atomic E-state index is 13.6. The van der Waals surface area contributed by atoms with Gasteiger partial charge >= 0.3 is 12.3 Å². The zero-order chi connectivity index (χ0) is 23.1. The first-order chi connectivity index (χ1) is 15.3. The van der Waals surface area contributed by atoms with Gasteiger partial charge in [-0.3, -0.25) is 10.0 Å². The van der Waals surface area contributed by atoms with Crippen LogP contribution in [0.2, 0.25) is 0 Å². The Labute approximate surface area is 184 Å². The zero-order valence-electron chi connectivity index (χ0n) is 17.6. The van der Waals surface area contributed by atoms with Gasteiger partial charge in [0, 0.05) is 16.8 Å². The zero-order valence-corrected chi connectivity index (χ0v) is 17.6. The van der Waals surface area contributed by atoms with Crippen LogP contribution in [0.4, 0.5) is 23.7 Å². The van der Waals surface area contributed by atoms with Crippen molar-refractivity contribution in [1.82, 2.24) is 0 Å². The molecule has 0 spiro atoms. The molecule has 3 rings (SSSR count). The molecule has 0 N–H and O–H groups in total. The third kappa shape index (κ3) is 5.60. The number of para-hydroxylation sites is 1. The van der Waals surface area contributed by atoms with E-state index in [-0.39, 0.29) is 24.3 Å². The van der Waals surface area contributed by atoms with Gasteiger partial charge in [0.1, 0.15) is 0 Å². The van der Waals surface area contributed by atoms with Gasteiger partial charge in [-0.25, -0.2) is 4.79 Å². The molecule has 0 bridgehead atoms. The van der Waals surface area contributed by atoms with Crippen LogP contribution in [-0.2, 0) is 22.6 Å². The lowest BCUT2D eigenvalue weighted by Gasteiger charge is -2.23. The number of rotatable bonds is 7. The molecule has 0 unspecified atom stereocenters. The molecule has 0 fully saturated rings. The Morgan fingerprint density at radius 2 is 1.59 bits per heavy atom. The monoisotopic (exact) mass is 442 g/mol. The van der Waals surface area contributed by atoms with Crippen LogP contribution in [-0.4, -0.2) is 12.7 Å². The van der Waals surface area contributed by atoms with E-state index in [9.17, 15) is 23.1 Å². The predicted molar refractivity (Wildman–Crippen MR) is 116 cm³/mol. The van der Waals surface area contributed by atoms with Crippen molar-refractivity contribution in [3.8, 4) is 16.9 Å². The number of carbonyl (C=O) groups is 1. The maximum absolute atomic E-state index is 13.6. The summed E-state index contributed by atoms with van der Waals surface area (Å²) in [4.78, 5) is 13.9. The van der Waals surface area contributed by atoms with Crippen LogP contribution < -0.4 is 4.90 Å². The minimum Gasteiger partial charge on any atom is -0.449 e. The molecule has 0 saturated heterocycles. The van der Waals surface area contributed by atoms with Crippen LogP contribution in [0.5, 0.6) is 5.75 Å². The van der Waals surface area contributed by atoms with Crippen LogP contribution in [0.25, 0.3) is 11.1 Å². The number of benzene rings is 3. The van der Waals surface area contributed by atoms with E-state index in [4.69, 9.17) is 4.74 Å². The van der Waals surface area contributed by atoms with Crippen LogP contribution in [0.15, 0.2) is 72.8 Å². The van der Waals surface area contributed by atoms with E-state index in [0.717, 1.165) is 18.6 Å². The largest absolute Gasteiger partial charge is 0.449 e. The molecule has 0 aliphatic carbocycles. The van der Waals surface area contributed by atoms with Gasteiger partial charge in [-0.05, 0) is 36.2 Å². The predicted octanol–water partition coefficient (Wildman–Crippen LogP) is 7.46. The third-order valence-corrected chi connectivity index (χ3v) is 4.92. The van der Waals surface area contributed by atoms with E-state index >= 15 is 0 Å². The van der Waals surface area contributed by atoms with Gasteiger partial charge in [0.05, 0.1) is 18.7 Å². The van der Waals surface area contributed by atoms with Gasteiger partial charge in [-0.15, -0.1) is 0 Å². The number of hydrogen-bond donors (Lipinski definition) is 0. The molecule has 167 valence electrons. The number of ether oxygens (including phenoxy) is 1. The van der Waals surface area contributed by atoms with Crippen molar-refractivity contribution in [1.29, 1.82) is 0 Å². The first kappa shape index (κ1) is 23.2. The Bertz CT molecular complexity index is 1040. The molecule has 0 aliphatic heterocycles. The first-order valence-electron chi connectivity index (χ1n) is 10.3.